The van der Waals surface area contributed by atoms with Gasteiger partial charge in [-0.1, -0.05) is 20.8 Å². The SMILES string of the molecule is CC(=O)N[C@@H](CS)C(=O)C(C)(C)C. The molecular weight excluding hydrogens is 186 g/mol. The van der Waals surface area contributed by atoms with E-state index >= 15 is 0 Å². The second-order valence-electron chi connectivity index (χ2n) is 4.05. The van der Waals surface area contributed by atoms with E-state index in [2.05, 4.69) is 17.9 Å². The van der Waals surface area contributed by atoms with Crippen LogP contribution in [0.3, 0.4) is 0 Å². The first-order valence-corrected chi connectivity index (χ1v) is 4.84. The highest BCUT2D eigenvalue weighted by molar-refractivity contribution is 7.80. The zero-order chi connectivity index (χ0) is 10.6. The summed E-state index contributed by atoms with van der Waals surface area (Å²) in [6.07, 6.45) is 0. The number of hydrogen-bond donors (Lipinski definition) is 2. The largest absolute Gasteiger partial charge is 0.346 e. The van der Waals surface area contributed by atoms with Gasteiger partial charge in [0.1, 0.15) is 0 Å². The monoisotopic (exact) mass is 203 g/mol. The molecule has 0 spiro atoms. The zero-order valence-electron chi connectivity index (χ0n) is 8.55. The summed E-state index contributed by atoms with van der Waals surface area (Å²) in [7, 11) is 0. The molecule has 0 aromatic heterocycles. The van der Waals surface area contributed by atoms with Crippen molar-refractivity contribution in [3.05, 3.63) is 0 Å². The molecule has 0 saturated heterocycles. The highest BCUT2D eigenvalue weighted by Crippen LogP contribution is 2.17. The van der Waals surface area contributed by atoms with Crippen LogP contribution in [0.15, 0.2) is 0 Å². The van der Waals surface area contributed by atoms with Crippen LogP contribution in [0.4, 0.5) is 0 Å². The lowest BCUT2D eigenvalue weighted by Crippen LogP contribution is -2.46. The van der Waals surface area contributed by atoms with Crippen molar-refractivity contribution >= 4 is 24.3 Å². The van der Waals surface area contributed by atoms with Crippen LogP contribution in [0, 0.1) is 5.41 Å². The number of nitrogens with one attached hydrogen (secondary N) is 1. The highest BCUT2D eigenvalue weighted by atomic mass is 32.1. The molecular formula is C9H17NO2S. The van der Waals surface area contributed by atoms with E-state index in [1.165, 1.54) is 6.92 Å². The van der Waals surface area contributed by atoms with E-state index in [1.807, 2.05) is 20.8 Å². The summed E-state index contributed by atoms with van der Waals surface area (Å²) in [5, 5.41) is 2.57. The molecule has 0 aliphatic carbocycles. The number of carbonyl (C=O) groups is 2. The van der Waals surface area contributed by atoms with Gasteiger partial charge in [-0.3, -0.25) is 9.59 Å². The molecule has 0 radical (unpaired) electrons. The van der Waals surface area contributed by atoms with Crippen LogP contribution >= 0.6 is 12.6 Å². The molecule has 0 aliphatic heterocycles. The van der Waals surface area contributed by atoms with E-state index < -0.39 is 11.5 Å². The Morgan fingerprint density at radius 2 is 1.85 bits per heavy atom. The molecule has 3 nitrogen and oxygen atoms in total. The van der Waals surface area contributed by atoms with Gasteiger partial charge in [0.05, 0.1) is 6.04 Å². The Labute approximate surface area is 84.7 Å². The minimum atomic E-state index is -0.471. The minimum absolute atomic E-state index is 0.0118. The standard InChI is InChI=1S/C9H17NO2S/c1-6(11)10-7(5-13)8(12)9(2,3)4/h7,13H,5H2,1-4H3,(H,10,11)/t7-/m0/s1. The third-order valence-electron chi connectivity index (χ3n) is 1.62. The Morgan fingerprint density at radius 3 is 2.08 bits per heavy atom. The van der Waals surface area contributed by atoms with Crippen molar-refractivity contribution in [3.8, 4) is 0 Å². The lowest BCUT2D eigenvalue weighted by Gasteiger charge is -2.23. The third-order valence-corrected chi connectivity index (χ3v) is 1.98. The van der Waals surface area contributed by atoms with Crippen LogP contribution in [0.5, 0.6) is 0 Å². The van der Waals surface area contributed by atoms with Crippen LogP contribution in [0.25, 0.3) is 0 Å². The lowest BCUT2D eigenvalue weighted by molar-refractivity contribution is -0.131. The molecule has 1 N–H and O–H groups in total. The van der Waals surface area contributed by atoms with Gasteiger partial charge in [-0.25, -0.2) is 0 Å². The molecule has 0 fully saturated rings. The number of amides is 1. The minimum Gasteiger partial charge on any atom is -0.346 e. The number of thiol groups is 1. The second-order valence-corrected chi connectivity index (χ2v) is 4.42. The summed E-state index contributed by atoms with van der Waals surface area (Å²) in [5.41, 5.74) is -0.435. The summed E-state index contributed by atoms with van der Waals surface area (Å²) in [5.74, 6) is 0.157. The van der Waals surface area contributed by atoms with Crippen molar-refractivity contribution in [3.63, 3.8) is 0 Å². The van der Waals surface area contributed by atoms with Crippen molar-refractivity contribution in [2.24, 2.45) is 5.41 Å². The first kappa shape index (κ1) is 12.5. The van der Waals surface area contributed by atoms with Gasteiger partial charge in [-0.05, 0) is 0 Å². The van der Waals surface area contributed by atoms with Gasteiger partial charge >= 0.3 is 0 Å². The van der Waals surface area contributed by atoms with Gasteiger partial charge in [0.2, 0.25) is 5.91 Å². The first-order valence-electron chi connectivity index (χ1n) is 4.21. The number of carbonyl (C=O) groups excluding carboxylic acids is 2. The lowest BCUT2D eigenvalue weighted by atomic mass is 9.87. The Morgan fingerprint density at radius 1 is 1.38 bits per heavy atom. The fourth-order valence-electron chi connectivity index (χ4n) is 0.962. The predicted molar refractivity (Wildman–Crippen MR) is 55.9 cm³/mol. The van der Waals surface area contributed by atoms with Crippen LogP contribution in [0.1, 0.15) is 27.7 Å². The van der Waals surface area contributed by atoms with Crippen LogP contribution in [-0.2, 0) is 9.59 Å². The van der Waals surface area contributed by atoms with Crippen molar-refractivity contribution in [2.75, 3.05) is 5.75 Å². The molecule has 1 amide bonds. The van der Waals surface area contributed by atoms with Gasteiger partial charge in [-0.15, -0.1) is 0 Å². The molecule has 4 heteroatoms. The molecule has 0 aliphatic rings. The summed E-state index contributed by atoms with van der Waals surface area (Å²) in [4.78, 5) is 22.4. The van der Waals surface area contributed by atoms with Crippen molar-refractivity contribution in [1.82, 2.24) is 5.32 Å². The van der Waals surface area contributed by atoms with Crippen molar-refractivity contribution in [1.29, 1.82) is 0 Å². The highest BCUT2D eigenvalue weighted by Gasteiger charge is 2.28. The molecule has 13 heavy (non-hydrogen) atoms. The molecule has 0 saturated carbocycles. The zero-order valence-corrected chi connectivity index (χ0v) is 9.44. The molecule has 1 atom stereocenters. The molecule has 0 aromatic rings. The fraction of sp³-hybridized carbons (Fsp3) is 0.778. The molecule has 0 heterocycles. The Bertz CT molecular complexity index is 208. The normalized spacial score (nSPS) is 13.6. The summed E-state index contributed by atoms with van der Waals surface area (Å²) in [6.45, 7) is 6.88. The van der Waals surface area contributed by atoms with Gasteiger partial charge in [-0.2, -0.15) is 12.6 Å². The molecule has 0 bridgehead atoms. The maximum atomic E-state index is 11.7. The Kier molecular flexibility index (Phi) is 4.47. The van der Waals surface area contributed by atoms with E-state index in [9.17, 15) is 9.59 Å². The van der Waals surface area contributed by atoms with Gasteiger partial charge in [0.15, 0.2) is 5.78 Å². The summed E-state index contributed by atoms with van der Waals surface area (Å²) >= 11 is 4.03. The number of ketones is 1. The van der Waals surface area contributed by atoms with E-state index in [0.29, 0.717) is 5.75 Å². The summed E-state index contributed by atoms with van der Waals surface area (Å²) < 4.78 is 0. The second kappa shape index (κ2) is 4.65. The fourth-order valence-corrected chi connectivity index (χ4v) is 1.22. The number of hydrogen-bond acceptors (Lipinski definition) is 3. The smallest absolute Gasteiger partial charge is 0.217 e. The van der Waals surface area contributed by atoms with Crippen LogP contribution in [-0.4, -0.2) is 23.5 Å². The molecule has 0 aromatic carbocycles. The van der Waals surface area contributed by atoms with Crippen LogP contribution < -0.4 is 5.32 Å². The maximum Gasteiger partial charge on any atom is 0.217 e. The van der Waals surface area contributed by atoms with Gasteiger partial charge in [0.25, 0.3) is 0 Å². The van der Waals surface area contributed by atoms with E-state index in [-0.39, 0.29) is 11.7 Å². The average Bonchev–Trinajstić information content (AvgIpc) is 1.96. The van der Waals surface area contributed by atoms with Crippen molar-refractivity contribution in [2.45, 2.75) is 33.7 Å². The first-order chi connectivity index (χ1) is 5.79. The number of Topliss-reactive ketones (excluding diaryl/α,β-unsaturated/α-hetero) is 1. The van der Waals surface area contributed by atoms with E-state index in [4.69, 9.17) is 0 Å². The van der Waals surface area contributed by atoms with Crippen molar-refractivity contribution < 1.29 is 9.59 Å². The third kappa shape index (κ3) is 4.31. The van der Waals surface area contributed by atoms with Gasteiger partial charge in [0, 0.05) is 18.1 Å². The molecule has 0 unspecified atom stereocenters. The van der Waals surface area contributed by atoms with Gasteiger partial charge < -0.3 is 5.32 Å². The quantitative estimate of drug-likeness (QED) is 0.673. The molecule has 0 rings (SSSR count). The topological polar surface area (TPSA) is 46.2 Å². The van der Waals surface area contributed by atoms with E-state index in [0.717, 1.165) is 0 Å². The maximum absolute atomic E-state index is 11.7. The van der Waals surface area contributed by atoms with Crippen LogP contribution in [0.2, 0.25) is 0 Å². The molecule has 76 valence electrons. The Hall–Kier alpha value is -0.510. The number of rotatable bonds is 3. The average molecular weight is 203 g/mol. The predicted octanol–water partition coefficient (Wildman–Crippen LogP) is 1.04. The Balaban J connectivity index is 4.41. The van der Waals surface area contributed by atoms with E-state index in [1.54, 1.807) is 0 Å². The summed E-state index contributed by atoms with van der Waals surface area (Å²) in [6, 6.07) is -0.471.